The molecule has 5 rings (SSSR count). The van der Waals surface area contributed by atoms with Gasteiger partial charge in [-0.25, -0.2) is 4.79 Å². The number of para-hydroxylation sites is 1. The first kappa shape index (κ1) is 30.7. The summed E-state index contributed by atoms with van der Waals surface area (Å²) in [5, 5.41) is 9.03. The van der Waals surface area contributed by atoms with E-state index in [1.807, 2.05) is 60.7 Å². The van der Waals surface area contributed by atoms with E-state index in [0.717, 1.165) is 24.3 Å². The summed E-state index contributed by atoms with van der Waals surface area (Å²) < 4.78 is 11.1. The van der Waals surface area contributed by atoms with E-state index in [0.29, 0.717) is 29.8 Å². The minimum Gasteiger partial charge on any atom is -0.494 e. The summed E-state index contributed by atoms with van der Waals surface area (Å²) in [6.07, 6.45) is 1.24. The van der Waals surface area contributed by atoms with Crippen molar-refractivity contribution < 1.29 is 19.1 Å². The molecule has 0 aliphatic rings. The third-order valence-electron chi connectivity index (χ3n) is 7.29. The highest BCUT2D eigenvalue weighted by molar-refractivity contribution is 7.10. The van der Waals surface area contributed by atoms with Gasteiger partial charge in [-0.15, -0.1) is 11.3 Å². The van der Waals surface area contributed by atoms with E-state index >= 15 is 0 Å². The lowest BCUT2D eigenvalue weighted by Crippen LogP contribution is -2.33. The maximum absolute atomic E-state index is 13.2. The van der Waals surface area contributed by atoms with Crippen molar-refractivity contribution in [2.75, 3.05) is 25.6 Å². The summed E-state index contributed by atoms with van der Waals surface area (Å²) in [7, 11) is 1.37. The molecular weight excluding hydrogens is 568 g/mol. The van der Waals surface area contributed by atoms with E-state index in [2.05, 4.69) is 52.4 Å². The molecule has 44 heavy (non-hydrogen) atoms. The summed E-state index contributed by atoms with van der Waals surface area (Å²) in [4.78, 5) is 27.2. The lowest BCUT2D eigenvalue weighted by molar-refractivity contribution is -0.141. The van der Waals surface area contributed by atoms with Crippen LogP contribution in [0, 0.1) is 0 Å². The summed E-state index contributed by atoms with van der Waals surface area (Å²) in [5.74, 6) is 0.250. The predicted molar refractivity (Wildman–Crippen MR) is 177 cm³/mol. The van der Waals surface area contributed by atoms with E-state index in [-0.39, 0.29) is 11.8 Å². The molecule has 0 saturated heterocycles. The number of nitrogens with one attached hydrogen (secondary N) is 2. The standard InChI is InChI=1S/C37H36N2O4S/c1-42-37(41)33(39-32-17-9-8-16-31(32)36(40)29-14-6-3-7-15-29)26-27-19-21-30(22-20-27)43-24-11-23-38-35(34-18-10-25-44-34)28-12-4-2-5-13-28/h2-10,12-22,25,33,35,38-39H,11,23-24,26H2,1H3/t33-,35?/m0/s1. The first-order chi connectivity index (χ1) is 21.6. The number of thiophene rings is 1. The van der Waals surface area contributed by atoms with Crippen LogP contribution in [-0.4, -0.2) is 38.1 Å². The molecule has 1 heterocycles. The molecular formula is C37H36N2O4S. The molecule has 6 nitrogen and oxygen atoms in total. The van der Waals surface area contributed by atoms with Gasteiger partial charge in [-0.3, -0.25) is 4.79 Å². The van der Waals surface area contributed by atoms with Crippen LogP contribution in [0.3, 0.4) is 0 Å². The number of methoxy groups -OCH3 is 1. The molecule has 0 radical (unpaired) electrons. The third kappa shape index (κ3) is 8.22. The van der Waals surface area contributed by atoms with Crippen LogP contribution in [0.4, 0.5) is 5.69 Å². The Labute approximate surface area is 262 Å². The van der Waals surface area contributed by atoms with Gasteiger partial charge < -0.3 is 20.1 Å². The third-order valence-corrected chi connectivity index (χ3v) is 8.22. The van der Waals surface area contributed by atoms with Crippen molar-refractivity contribution in [3.8, 4) is 5.75 Å². The van der Waals surface area contributed by atoms with E-state index in [9.17, 15) is 9.59 Å². The molecule has 0 aliphatic carbocycles. The van der Waals surface area contributed by atoms with Crippen molar-refractivity contribution in [1.82, 2.24) is 5.32 Å². The molecule has 0 spiro atoms. The first-order valence-corrected chi connectivity index (χ1v) is 15.6. The molecule has 0 saturated carbocycles. The van der Waals surface area contributed by atoms with Crippen LogP contribution in [0.1, 0.15) is 44.4 Å². The fourth-order valence-corrected chi connectivity index (χ4v) is 5.85. The van der Waals surface area contributed by atoms with Gasteiger partial charge in [0.15, 0.2) is 5.78 Å². The molecule has 0 bridgehead atoms. The van der Waals surface area contributed by atoms with Gasteiger partial charge in [-0.2, -0.15) is 0 Å². The van der Waals surface area contributed by atoms with Gasteiger partial charge >= 0.3 is 5.97 Å². The Bertz CT molecular complexity index is 1610. The number of rotatable bonds is 15. The Morgan fingerprint density at radius 3 is 2.20 bits per heavy atom. The van der Waals surface area contributed by atoms with E-state index in [4.69, 9.17) is 9.47 Å². The van der Waals surface area contributed by atoms with E-state index < -0.39 is 12.0 Å². The van der Waals surface area contributed by atoms with Gasteiger partial charge in [-0.1, -0.05) is 91.0 Å². The molecule has 1 unspecified atom stereocenters. The molecule has 7 heteroatoms. The van der Waals surface area contributed by atoms with Crippen molar-refractivity contribution in [3.63, 3.8) is 0 Å². The number of ketones is 1. The number of hydrogen-bond acceptors (Lipinski definition) is 7. The Balaban J connectivity index is 1.15. The molecule has 224 valence electrons. The topological polar surface area (TPSA) is 76.7 Å². The summed E-state index contributed by atoms with van der Waals surface area (Å²) in [5.41, 5.74) is 3.85. The van der Waals surface area contributed by atoms with Crippen LogP contribution in [0.25, 0.3) is 0 Å². The summed E-state index contributed by atoms with van der Waals surface area (Å²) in [6, 6.07) is 38.3. The largest absolute Gasteiger partial charge is 0.494 e. The Morgan fingerprint density at radius 2 is 1.50 bits per heavy atom. The van der Waals surface area contributed by atoms with Crippen molar-refractivity contribution in [1.29, 1.82) is 0 Å². The van der Waals surface area contributed by atoms with Gasteiger partial charge in [0.25, 0.3) is 0 Å². The zero-order valence-electron chi connectivity index (χ0n) is 24.6. The molecule has 0 aliphatic heterocycles. The number of carbonyl (C=O) groups is 2. The van der Waals surface area contributed by atoms with Gasteiger partial charge in [0, 0.05) is 28.1 Å². The Morgan fingerprint density at radius 1 is 0.795 bits per heavy atom. The van der Waals surface area contributed by atoms with Crippen molar-refractivity contribution in [2.24, 2.45) is 0 Å². The number of benzene rings is 4. The van der Waals surface area contributed by atoms with Gasteiger partial charge in [0.05, 0.1) is 19.8 Å². The second-order valence-electron chi connectivity index (χ2n) is 10.3. The maximum atomic E-state index is 13.2. The maximum Gasteiger partial charge on any atom is 0.328 e. The lowest BCUT2D eigenvalue weighted by atomic mass is 10.00. The second-order valence-corrected chi connectivity index (χ2v) is 11.3. The number of hydrogen-bond donors (Lipinski definition) is 2. The van der Waals surface area contributed by atoms with Crippen LogP contribution in [-0.2, 0) is 16.0 Å². The summed E-state index contributed by atoms with van der Waals surface area (Å²) >= 11 is 1.75. The smallest absolute Gasteiger partial charge is 0.328 e. The SMILES string of the molecule is COC(=O)[C@H](Cc1ccc(OCCCNC(c2ccccc2)c2cccs2)cc1)Nc1ccccc1C(=O)c1ccccc1. The molecule has 0 fully saturated rings. The zero-order chi connectivity index (χ0) is 30.6. The predicted octanol–water partition coefficient (Wildman–Crippen LogP) is 7.32. The fourth-order valence-electron chi connectivity index (χ4n) is 5.03. The average molecular weight is 605 g/mol. The Hall–Kier alpha value is -4.72. The normalized spacial score (nSPS) is 12.2. The molecule has 2 N–H and O–H groups in total. The number of ether oxygens (including phenoxy) is 2. The Kier molecular flexibility index (Phi) is 10.9. The average Bonchev–Trinajstić information content (AvgIpc) is 3.62. The first-order valence-electron chi connectivity index (χ1n) is 14.7. The molecule has 2 atom stereocenters. The van der Waals surface area contributed by atoms with Crippen LogP contribution in [0.2, 0.25) is 0 Å². The number of esters is 1. The molecule has 5 aromatic rings. The second kappa shape index (κ2) is 15.7. The highest BCUT2D eigenvalue weighted by atomic mass is 32.1. The van der Waals surface area contributed by atoms with E-state index in [1.165, 1.54) is 17.6 Å². The van der Waals surface area contributed by atoms with Crippen molar-refractivity contribution in [3.05, 3.63) is 154 Å². The quantitative estimate of drug-likeness (QED) is 0.0741. The van der Waals surface area contributed by atoms with Crippen LogP contribution >= 0.6 is 11.3 Å². The van der Waals surface area contributed by atoms with Gasteiger partial charge in [-0.05, 0) is 59.8 Å². The molecule has 4 aromatic carbocycles. The highest BCUT2D eigenvalue weighted by Gasteiger charge is 2.23. The lowest BCUT2D eigenvalue weighted by Gasteiger charge is -2.20. The van der Waals surface area contributed by atoms with Gasteiger partial charge in [0.2, 0.25) is 0 Å². The molecule has 0 amide bonds. The fraction of sp³-hybridized carbons (Fsp3) is 0.189. The van der Waals surface area contributed by atoms with E-state index in [1.54, 1.807) is 35.6 Å². The highest BCUT2D eigenvalue weighted by Crippen LogP contribution is 2.26. The van der Waals surface area contributed by atoms with Crippen molar-refractivity contribution >= 4 is 28.8 Å². The monoisotopic (exact) mass is 604 g/mol. The zero-order valence-corrected chi connectivity index (χ0v) is 25.5. The summed E-state index contributed by atoms with van der Waals surface area (Å²) in [6.45, 7) is 1.40. The number of anilines is 1. The minimum absolute atomic E-state index is 0.115. The van der Waals surface area contributed by atoms with Crippen LogP contribution in [0.5, 0.6) is 5.75 Å². The number of carbonyl (C=O) groups excluding carboxylic acids is 2. The van der Waals surface area contributed by atoms with Crippen molar-refractivity contribution in [2.45, 2.75) is 24.9 Å². The minimum atomic E-state index is -0.677. The molecule has 1 aromatic heterocycles. The van der Waals surface area contributed by atoms with Crippen LogP contribution in [0.15, 0.2) is 127 Å². The van der Waals surface area contributed by atoms with Crippen LogP contribution < -0.4 is 15.4 Å². The van der Waals surface area contributed by atoms with Gasteiger partial charge in [0.1, 0.15) is 11.8 Å².